The van der Waals surface area contributed by atoms with Crippen LogP contribution in [-0.4, -0.2) is 35.5 Å². The predicted molar refractivity (Wildman–Crippen MR) is 80.1 cm³/mol. The Morgan fingerprint density at radius 2 is 2.00 bits per heavy atom. The van der Waals surface area contributed by atoms with Crippen molar-refractivity contribution in [1.29, 1.82) is 0 Å². The van der Waals surface area contributed by atoms with Gasteiger partial charge < -0.3 is 5.73 Å². The summed E-state index contributed by atoms with van der Waals surface area (Å²) in [6, 6.07) is 0.153. The number of rotatable bonds is 3. The molecule has 3 rings (SSSR count). The molecule has 0 aromatic carbocycles. The summed E-state index contributed by atoms with van der Waals surface area (Å²) in [4.78, 5) is 0. The van der Waals surface area contributed by atoms with Crippen molar-refractivity contribution >= 4 is 10.0 Å². The average molecular weight is 312 g/mol. The number of nitrogens with two attached hydrogens (primary N) is 1. The van der Waals surface area contributed by atoms with Crippen molar-refractivity contribution in [1.82, 2.24) is 14.5 Å². The van der Waals surface area contributed by atoms with Crippen LogP contribution in [0.15, 0.2) is 5.03 Å². The van der Waals surface area contributed by atoms with Gasteiger partial charge >= 0.3 is 0 Å². The fourth-order valence-electron chi connectivity index (χ4n) is 3.87. The first-order chi connectivity index (χ1) is 10.1. The summed E-state index contributed by atoms with van der Waals surface area (Å²) in [6.45, 7) is 2.62. The number of sulfonamides is 1. The molecule has 21 heavy (non-hydrogen) atoms. The Labute approximate surface area is 126 Å². The van der Waals surface area contributed by atoms with Crippen LogP contribution in [0.2, 0.25) is 0 Å². The minimum Gasteiger partial charge on any atom is -0.326 e. The minimum absolute atomic E-state index is 0.133. The van der Waals surface area contributed by atoms with E-state index in [1.54, 1.807) is 4.31 Å². The highest BCUT2D eigenvalue weighted by atomic mass is 32.2. The summed E-state index contributed by atoms with van der Waals surface area (Å²) >= 11 is 0. The van der Waals surface area contributed by atoms with Crippen LogP contribution in [0.5, 0.6) is 0 Å². The lowest BCUT2D eigenvalue weighted by Crippen LogP contribution is -2.49. The normalized spacial score (nSPS) is 27.5. The van der Waals surface area contributed by atoms with Crippen molar-refractivity contribution in [3.8, 4) is 0 Å². The van der Waals surface area contributed by atoms with Crippen LogP contribution in [0.4, 0.5) is 0 Å². The Bertz CT molecular complexity index is 608. The van der Waals surface area contributed by atoms with Crippen LogP contribution in [-0.2, 0) is 16.6 Å². The van der Waals surface area contributed by atoms with Crippen molar-refractivity contribution in [2.45, 2.75) is 63.1 Å². The van der Waals surface area contributed by atoms with Gasteiger partial charge in [0, 0.05) is 30.4 Å². The predicted octanol–water partition coefficient (Wildman–Crippen LogP) is 1.52. The first kappa shape index (κ1) is 15.0. The number of nitrogens with one attached hydrogen (secondary N) is 1. The van der Waals surface area contributed by atoms with Crippen molar-refractivity contribution in [2.75, 3.05) is 6.54 Å². The molecule has 6 nitrogen and oxygen atoms in total. The van der Waals surface area contributed by atoms with E-state index in [9.17, 15) is 8.42 Å². The topological polar surface area (TPSA) is 92.1 Å². The molecule has 0 bridgehead atoms. The first-order valence-corrected chi connectivity index (χ1v) is 9.25. The molecule has 1 aliphatic carbocycles. The van der Waals surface area contributed by atoms with Crippen LogP contribution in [0.1, 0.15) is 49.8 Å². The van der Waals surface area contributed by atoms with Gasteiger partial charge in [-0.3, -0.25) is 5.10 Å². The molecule has 0 spiro atoms. The van der Waals surface area contributed by atoms with Gasteiger partial charge in [-0.25, -0.2) is 8.42 Å². The Morgan fingerprint density at radius 1 is 1.29 bits per heavy atom. The fourth-order valence-corrected chi connectivity index (χ4v) is 5.81. The van der Waals surface area contributed by atoms with E-state index in [2.05, 4.69) is 10.2 Å². The van der Waals surface area contributed by atoms with E-state index in [1.165, 1.54) is 6.42 Å². The monoisotopic (exact) mass is 312 g/mol. The number of aryl methyl sites for hydroxylation is 1. The fraction of sp³-hybridized carbons (Fsp3) is 0.786. The lowest BCUT2D eigenvalue weighted by atomic mass is 9.79. The van der Waals surface area contributed by atoms with Gasteiger partial charge in [0.15, 0.2) is 5.03 Å². The number of aromatic amines is 1. The van der Waals surface area contributed by atoms with Crippen LogP contribution in [0.25, 0.3) is 0 Å². The van der Waals surface area contributed by atoms with Crippen molar-refractivity contribution in [2.24, 2.45) is 11.7 Å². The molecular formula is C14H24N4O2S. The van der Waals surface area contributed by atoms with E-state index in [0.29, 0.717) is 18.0 Å². The largest absolute Gasteiger partial charge is 0.326 e. The highest BCUT2D eigenvalue weighted by Crippen LogP contribution is 2.38. The van der Waals surface area contributed by atoms with Gasteiger partial charge in [0.2, 0.25) is 0 Å². The second-order valence-corrected chi connectivity index (χ2v) is 8.01. The molecular weight excluding hydrogens is 288 g/mol. The summed E-state index contributed by atoms with van der Waals surface area (Å²) in [5, 5.41) is 6.94. The maximum atomic E-state index is 13.0. The second-order valence-electron chi connectivity index (χ2n) is 6.21. The van der Waals surface area contributed by atoms with Gasteiger partial charge in [0.1, 0.15) is 0 Å². The molecule has 1 aliphatic heterocycles. The summed E-state index contributed by atoms with van der Waals surface area (Å²) in [5.74, 6) is 0.517. The minimum atomic E-state index is -3.54. The zero-order valence-corrected chi connectivity index (χ0v) is 13.3. The lowest BCUT2D eigenvalue weighted by molar-refractivity contribution is 0.128. The Morgan fingerprint density at radius 3 is 2.76 bits per heavy atom. The molecule has 0 radical (unpaired) electrons. The molecule has 118 valence electrons. The number of nitrogens with zero attached hydrogens (tertiary/aromatic N) is 2. The summed E-state index contributed by atoms with van der Waals surface area (Å²) in [6.07, 6.45) is 6.58. The van der Waals surface area contributed by atoms with E-state index >= 15 is 0 Å². The van der Waals surface area contributed by atoms with Crippen LogP contribution >= 0.6 is 0 Å². The summed E-state index contributed by atoms with van der Waals surface area (Å²) in [7, 11) is -3.54. The third-order valence-corrected chi connectivity index (χ3v) is 6.88. The van der Waals surface area contributed by atoms with E-state index in [4.69, 9.17) is 5.73 Å². The van der Waals surface area contributed by atoms with Gasteiger partial charge in [0.05, 0.1) is 0 Å². The molecule has 0 unspecified atom stereocenters. The van der Waals surface area contributed by atoms with Crippen molar-refractivity contribution < 1.29 is 8.42 Å². The number of fused-ring (bicyclic) bond motifs is 1. The van der Waals surface area contributed by atoms with Gasteiger partial charge in [-0.2, -0.15) is 9.40 Å². The molecule has 2 heterocycles. The zero-order chi connectivity index (χ0) is 15.0. The molecule has 7 heteroatoms. The van der Waals surface area contributed by atoms with Crippen LogP contribution < -0.4 is 5.73 Å². The molecule has 1 saturated heterocycles. The van der Waals surface area contributed by atoms with Crippen LogP contribution in [0.3, 0.4) is 0 Å². The number of H-pyrrole nitrogens is 1. The van der Waals surface area contributed by atoms with E-state index in [0.717, 1.165) is 37.8 Å². The molecule has 2 atom stereocenters. The number of aromatic nitrogens is 2. The molecule has 0 amide bonds. The average Bonchev–Trinajstić information content (AvgIpc) is 2.88. The summed E-state index contributed by atoms with van der Waals surface area (Å²) < 4.78 is 27.7. The lowest BCUT2D eigenvalue weighted by Gasteiger charge is -2.42. The molecule has 1 aromatic rings. The number of hydrogen-bond donors (Lipinski definition) is 2. The maximum Gasteiger partial charge on any atom is 0.262 e. The molecule has 3 N–H and O–H groups in total. The highest BCUT2D eigenvalue weighted by molar-refractivity contribution is 7.89. The third kappa shape index (κ3) is 2.51. The maximum absolute atomic E-state index is 13.0. The van der Waals surface area contributed by atoms with Crippen LogP contribution in [0, 0.1) is 12.8 Å². The Kier molecular flexibility index (Phi) is 4.07. The Balaban J connectivity index is 1.96. The van der Waals surface area contributed by atoms with Gasteiger partial charge in [-0.15, -0.1) is 0 Å². The van der Waals surface area contributed by atoms with Crippen molar-refractivity contribution in [3.63, 3.8) is 0 Å². The molecule has 2 aliphatic rings. The van der Waals surface area contributed by atoms with E-state index in [1.807, 2.05) is 6.92 Å². The van der Waals surface area contributed by atoms with Gasteiger partial charge in [0.25, 0.3) is 10.0 Å². The van der Waals surface area contributed by atoms with E-state index in [-0.39, 0.29) is 17.6 Å². The summed E-state index contributed by atoms with van der Waals surface area (Å²) in [5.41, 5.74) is 7.07. The smallest absolute Gasteiger partial charge is 0.262 e. The zero-order valence-electron chi connectivity index (χ0n) is 12.5. The standard InChI is InChI=1S/C14H24N4O2S/c1-10-12(9-15)14(17-16-10)21(19,20)18-8-4-6-11-5-2-3-7-13(11)18/h11,13H,2-9,15H2,1H3,(H,16,17)/t11-,13-/m1/s1. The first-order valence-electron chi connectivity index (χ1n) is 7.81. The Hall–Kier alpha value is -0.920. The quantitative estimate of drug-likeness (QED) is 0.885. The SMILES string of the molecule is Cc1[nH]nc(S(=O)(=O)N2CCC[C@H]3CCCC[C@H]32)c1CN. The van der Waals surface area contributed by atoms with E-state index < -0.39 is 10.0 Å². The second kappa shape index (κ2) is 5.70. The highest BCUT2D eigenvalue weighted by Gasteiger charge is 2.41. The van der Waals surface area contributed by atoms with Gasteiger partial charge in [-0.05, 0) is 38.5 Å². The van der Waals surface area contributed by atoms with Crippen molar-refractivity contribution in [3.05, 3.63) is 11.3 Å². The molecule has 1 aromatic heterocycles. The number of piperidine rings is 1. The third-order valence-electron chi connectivity index (χ3n) is 4.99. The van der Waals surface area contributed by atoms with Gasteiger partial charge in [-0.1, -0.05) is 12.8 Å². The molecule has 1 saturated carbocycles. The number of hydrogen-bond acceptors (Lipinski definition) is 4. The molecule has 2 fully saturated rings.